The van der Waals surface area contributed by atoms with Crippen molar-refractivity contribution in [2.45, 2.75) is 164 Å². The molecule has 2 N–H and O–H groups in total. The molecule has 2 nitrogen and oxygen atoms in total. The van der Waals surface area contributed by atoms with Crippen molar-refractivity contribution in [2.75, 3.05) is 0 Å². The molecule has 0 bridgehead atoms. The van der Waals surface area contributed by atoms with E-state index >= 15 is 0 Å². The summed E-state index contributed by atoms with van der Waals surface area (Å²) in [4.78, 5) is 0. The maximum Gasteiger partial charge on any atom is 0.123 e. The van der Waals surface area contributed by atoms with Crippen LogP contribution in [0.25, 0.3) is 0 Å². The Morgan fingerprint density at radius 2 is 0.852 bits per heavy atom. The number of rotatable bonds is 12. The quantitative estimate of drug-likeness (QED) is 0.151. The number of phenols is 2. The minimum absolute atomic E-state index is 0.0390. The second-order valence-electron chi connectivity index (χ2n) is 18.4. The van der Waals surface area contributed by atoms with E-state index in [0.717, 1.165) is 46.6 Å². The highest BCUT2D eigenvalue weighted by atomic mass is 32.2. The van der Waals surface area contributed by atoms with E-state index in [2.05, 4.69) is 154 Å². The zero-order valence-electron chi connectivity index (χ0n) is 35.0. The van der Waals surface area contributed by atoms with Crippen molar-refractivity contribution in [3.05, 3.63) is 129 Å². The number of hydrogen-bond donors (Lipinski definition) is 2. The lowest BCUT2D eigenvalue weighted by Crippen LogP contribution is -2.25. The molecule has 4 aromatic carbocycles. The molecule has 4 atom stereocenters. The summed E-state index contributed by atoms with van der Waals surface area (Å²) in [5.74, 6) is 2.51. The van der Waals surface area contributed by atoms with Gasteiger partial charge in [0.25, 0.3) is 0 Å². The fourth-order valence-electron chi connectivity index (χ4n) is 8.22. The van der Waals surface area contributed by atoms with Crippen molar-refractivity contribution in [1.82, 2.24) is 0 Å². The van der Waals surface area contributed by atoms with Crippen molar-refractivity contribution < 1.29 is 10.2 Å². The molecule has 0 spiro atoms. The standard InChI is InChI=1S/C50H68O2S2/c1-11-49(9,37-23-17-15-18-24-37)41-31-39(47(3,4)5)29-35(45(41)51)33-53-43-27-21-13-14-22-28-44(43)54-34-36-30-40(48(6,7)8)32-42(46(36)52)50(10,12-2)38-25-19-16-20-26-38/h15-20,23-26,29-32,43-44,51-52H,11-14,21-22,27-28,33-34H2,1-10H3/t43-,44-,49?,50?/m1/s1. The smallest absolute Gasteiger partial charge is 0.123 e. The van der Waals surface area contributed by atoms with E-state index in [1.165, 1.54) is 60.8 Å². The Morgan fingerprint density at radius 1 is 0.500 bits per heavy atom. The first kappa shape index (κ1) is 42.3. The molecule has 1 saturated carbocycles. The van der Waals surface area contributed by atoms with E-state index in [4.69, 9.17) is 0 Å². The first-order valence-electron chi connectivity index (χ1n) is 20.6. The van der Waals surface area contributed by atoms with Gasteiger partial charge < -0.3 is 10.2 Å². The van der Waals surface area contributed by atoms with Crippen molar-refractivity contribution in [3.8, 4) is 11.5 Å². The van der Waals surface area contributed by atoms with Crippen molar-refractivity contribution in [3.63, 3.8) is 0 Å². The summed E-state index contributed by atoms with van der Waals surface area (Å²) < 4.78 is 0. The summed E-state index contributed by atoms with van der Waals surface area (Å²) in [5, 5.41) is 25.2. The van der Waals surface area contributed by atoms with E-state index < -0.39 is 0 Å². The summed E-state index contributed by atoms with van der Waals surface area (Å²) >= 11 is 4.10. The summed E-state index contributed by atoms with van der Waals surface area (Å²) in [5.41, 5.74) is 8.60. The Labute approximate surface area is 337 Å². The maximum atomic E-state index is 12.1. The molecule has 2 unspecified atom stereocenters. The SMILES string of the molecule is CCC(C)(c1ccccc1)c1cc(C(C)(C)C)cc(CS[C@@H]2CCCCCC[C@H]2SCc2cc(C(C)(C)C)cc(C(C)(CC)c3ccccc3)c2O)c1O. The number of hydrogen-bond acceptors (Lipinski definition) is 4. The Morgan fingerprint density at radius 3 is 1.17 bits per heavy atom. The second-order valence-corrected chi connectivity index (χ2v) is 20.8. The molecule has 1 aliphatic carbocycles. The van der Waals surface area contributed by atoms with Crippen LogP contribution in [0.5, 0.6) is 11.5 Å². The second kappa shape index (κ2) is 17.5. The van der Waals surface area contributed by atoms with E-state index in [0.29, 0.717) is 22.0 Å². The highest BCUT2D eigenvalue weighted by Gasteiger charge is 2.35. The van der Waals surface area contributed by atoms with Gasteiger partial charge in [0.1, 0.15) is 11.5 Å². The third-order valence-electron chi connectivity index (χ3n) is 12.6. The van der Waals surface area contributed by atoms with Crippen LogP contribution in [0.15, 0.2) is 84.9 Å². The molecular formula is C50H68O2S2. The number of benzene rings is 4. The third-order valence-corrected chi connectivity index (χ3v) is 15.7. The molecule has 0 aromatic heterocycles. The largest absolute Gasteiger partial charge is 0.507 e. The van der Waals surface area contributed by atoms with Crippen LogP contribution >= 0.6 is 23.5 Å². The molecule has 54 heavy (non-hydrogen) atoms. The monoisotopic (exact) mass is 764 g/mol. The van der Waals surface area contributed by atoms with Gasteiger partial charge >= 0.3 is 0 Å². The van der Waals surface area contributed by atoms with E-state index in [1.54, 1.807) is 0 Å². The first-order valence-corrected chi connectivity index (χ1v) is 22.7. The minimum atomic E-state index is -0.290. The van der Waals surface area contributed by atoms with Gasteiger partial charge in [0.15, 0.2) is 0 Å². The van der Waals surface area contributed by atoms with Gasteiger partial charge in [-0.15, -0.1) is 0 Å². The van der Waals surface area contributed by atoms with Gasteiger partial charge in [-0.3, -0.25) is 0 Å². The van der Waals surface area contributed by atoms with Crippen LogP contribution < -0.4 is 0 Å². The molecule has 0 radical (unpaired) electrons. The van der Waals surface area contributed by atoms with Crippen LogP contribution in [-0.4, -0.2) is 20.7 Å². The number of phenolic OH excluding ortho intramolecular Hbond substituents is 2. The zero-order chi connectivity index (χ0) is 39.3. The molecule has 4 heteroatoms. The van der Waals surface area contributed by atoms with Crippen LogP contribution in [-0.2, 0) is 33.2 Å². The molecular weight excluding hydrogens is 697 g/mol. The Kier molecular flexibility index (Phi) is 13.7. The molecule has 292 valence electrons. The number of thioether (sulfide) groups is 2. The average molecular weight is 765 g/mol. The Hall–Kier alpha value is -2.82. The van der Waals surface area contributed by atoms with Gasteiger partial charge in [0, 0.05) is 55.1 Å². The third kappa shape index (κ3) is 9.40. The highest BCUT2D eigenvalue weighted by Crippen LogP contribution is 2.48. The van der Waals surface area contributed by atoms with Crippen LogP contribution in [0.2, 0.25) is 0 Å². The normalized spacial score (nSPS) is 19.4. The fraction of sp³-hybridized carbons (Fsp3) is 0.520. The van der Waals surface area contributed by atoms with Crippen molar-refractivity contribution in [1.29, 1.82) is 0 Å². The van der Waals surface area contributed by atoms with Gasteiger partial charge in [-0.2, -0.15) is 23.5 Å². The van der Waals surface area contributed by atoms with Crippen LogP contribution in [0, 0.1) is 0 Å². The van der Waals surface area contributed by atoms with Gasteiger partial charge in [-0.25, -0.2) is 0 Å². The van der Waals surface area contributed by atoms with Gasteiger partial charge in [-0.05, 0) is 58.8 Å². The van der Waals surface area contributed by atoms with Crippen molar-refractivity contribution in [2.24, 2.45) is 0 Å². The van der Waals surface area contributed by atoms with Crippen LogP contribution in [0.1, 0.15) is 165 Å². The van der Waals surface area contributed by atoms with Crippen LogP contribution in [0.3, 0.4) is 0 Å². The zero-order valence-corrected chi connectivity index (χ0v) is 36.7. The summed E-state index contributed by atoms with van der Waals surface area (Å²) in [6.07, 6.45) is 9.26. The molecule has 1 fully saturated rings. The Bertz CT molecular complexity index is 1680. The van der Waals surface area contributed by atoms with E-state index in [-0.39, 0.29) is 21.7 Å². The predicted molar refractivity (Wildman–Crippen MR) is 238 cm³/mol. The maximum absolute atomic E-state index is 12.1. The number of aromatic hydroxyl groups is 2. The Balaban J connectivity index is 1.47. The average Bonchev–Trinajstić information content (AvgIpc) is 3.14. The molecule has 5 rings (SSSR count). The van der Waals surface area contributed by atoms with Crippen molar-refractivity contribution >= 4 is 23.5 Å². The van der Waals surface area contributed by atoms with E-state index in [1.807, 2.05) is 23.5 Å². The lowest BCUT2D eigenvalue weighted by molar-refractivity contribution is 0.434. The topological polar surface area (TPSA) is 40.5 Å². The summed E-state index contributed by atoms with van der Waals surface area (Å²) in [6, 6.07) is 30.6. The fourth-order valence-corrected chi connectivity index (χ4v) is 11.3. The molecule has 1 aliphatic rings. The molecule has 0 saturated heterocycles. The lowest BCUT2D eigenvalue weighted by Gasteiger charge is -2.34. The van der Waals surface area contributed by atoms with Crippen LogP contribution in [0.4, 0.5) is 0 Å². The highest BCUT2D eigenvalue weighted by molar-refractivity contribution is 8.03. The lowest BCUT2D eigenvalue weighted by atomic mass is 9.71. The minimum Gasteiger partial charge on any atom is -0.507 e. The predicted octanol–water partition coefficient (Wildman–Crippen LogP) is 14.4. The van der Waals surface area contributed by atoms with E-state index in [9.17, 15) is 10.2 Å². The molecule has 0 amide bonds. The van der Waals surface area contributed by atoms with Gasteiger partial charge in [0.2, 0.25) is 0 Å². The molecule has 0 heterocycles. The van der Waals surface area contributed by atoms with Gasteiger partial charge in [-0.1, -0.05) is 180 Å². The first-order chi connectivity index (χ1) is 25.5. The summed E-state index contributed by atoms with van der Waals surface area (Å²) in [6.45, 7) is 22.8. The molecule has 4 aromatic rings. The van der Waals surface area contributed by atoms with Gasteiger partial charge in [0.05, 0.1) is 0 Å². The molecule has 0 aliphatic heterocycles. The summed E-state index contributed by atoms with van der Waals surface area (Å²) in [7, 11) is 0.